The van der Waals surface area contributed by atoms with Crippen molar-refractivity contribution in [2.24, 2.45) is 0 Å². The molecule has 3 heteroatoms. The van der Waals surface area contributed by atoms with Crippen molar-refractivity contribution in [2.75, 3.05) is 32.7 Å². The molecule has 0 bridgehead atoms. The quantitative estimate of drug-likeness (QED) is 0.633. The van der Waals surface area contributed by atoms with E-state index in [4.69, 9.17) is 0 Å². The Hall–Kier alpha value is -0.120. The maximum Gasteiger partial charge on any atom is 0.0885 e. The summed E-state index contributed by atoms with van der Waals surface area (Å²) in [6.45, 7) is 5.64. The van der Waals surface area contributed by atoms with Crippen LogP contribution in [0, 0.1) is 0 Å². The van der Waals surface area contributed by atoms with Gasteiger partial charge in [0.05, 0.1) is 18.7 Å². The van der Waals surface area contributed by atoms with Crippen molar-refractivity contribution >= 4 is 0 Å². The molecule has 1 aliphatic heterocycles. The Kier molecular flexibility index (Phi) is 3.42. The molecule has 0 aromatic carbocycles. The SMILES string of the molecule is OC1(CN2CC[NH2+]CC2)CCCCC1. The molecule has 1 saturated heterocycles. The number of β-amino-alcohol motifs (C(OH)–C–C–N with tert-alkyl or cyclic N) is 1. The van der Waals surface area contributed by atoms with Gasteiger partial charge in [0.15, 0.2) is 0 Å². The molecule has 2 fully saturated rings. The number of nitrogens with two attached hydrogens (primary N) is 1. The van der Waals surface area contributed by atoms with E-state index in [1.54, 1.807) is 0 Å². The molecule has 1 saturated carbocycles. The van der Waals surface area contributed by atoms with Crippen LogP contribution in [0.15, 0.2) is 0 Å². The van der Waals surface area contributed by atoms with Gasteiger partial charge in [0.25, 0.3) is 0 Å². The fourth-order valence-electron chi connectivity index (χ4n) is 2.75. The molecule has 82 valence electrons. The van der Waals surface area contributed by atoms with Gasteiger partial charge in [-0.15, -0.1) is 0 Å². The average Bonchev–Trinajstić information content (AvgIpc) is 2.19. The lowest BCUT2D eigenvalue weighted by Crippen LogP contribution is -2.89. The minimum atomic E-state index is -0.352. The molecule has 2 rings (SSSR count). The predicted molar refractivity (Wildman–Crippen MR) is 56.1 cm³/mol. The number of nitrogens with zero attached hydrogens (tertiary/aromatic N) is 1. The van der Waals surface area contributed by atoms with E-state index < -0.39 is 0 Å². The highest BCUT2D eigenvalue weighted by Gasteiger charge is 2.31. The molecule has 0 radical (unpaired) electrons. The first kappa shape index (κ1) is 10.4. The van der Waals surface area contributed by atoms with Gasteiger partial charge in [0.2, 0.25) is 0 Å². The van der Waals surface area contributed by atoms with Crippen molar-refractivity contribution in [1.82, 2.24) is 4.90 Å². The molecule has 1 heterocycles. The van der Waals surface area contributed by atoms with E-state index in [0.717, 1.165) is 32.5 Å². The van der Waals surface area contributed by atoms with Gasteiger partial charge in [-0.3, -0.25) is 4.90 Å². The van der Waals surface area contributed by atoms with Crippen LogP contribution in [0.1, 0.15) is 32.1 Å². The molecule has 14 heavy (non-hydrogen) atoms. The summed E-state index contributed by atoms with van der Waals surface area (Å²) in [7, 11) is 0. The van der Waals surface area contributed by atoms with Crippen molar-refractivity contribution in [2.45, 2.75) is 37.7 Å². The van der Waals surface area contributed by atoms with Crippen LogP contribution in [0.5, 0.6) is 0 Å². The first-order chi connectivity index (χ1) is 6.79. The Balaban J connectivity index is 1.81. The fourth-order valence-corrected chi connectivity index (χ4v) is 2.75. The van der Waals surface area contributed by atoms with E-state index in [-0.39, 0.29) is 5.60 Å². The molecule has 0 aromatic rings. The Labute approximate surface area is 86.5 Å². The molecule has 0 amide bonds. The molecule has 3 nitrogen and oxygen atoms in total. The number of rotatable bonds is 2. The Morgan fingerprint density at radius 1 is 1.07 bits per heavy atom. The second kappa shape index (κ2) is 4.60. The van der Waals surface area contributed by atoms with Gasteiger partial charge in [0.1, 0.15) is 0 Å². The van der Waals surface area contributed by atoms with Crippen molar-refractivity contribution in [3.8, 4) is 0 Å². The summed E-state index contributed by atoms with van der Waals surface area (Å²) in [5.41, 5.74) is -0.352. The van der Waals surface area contributed by atoms with E-state index in [2.05, 4.69) is 10.2 Å². The molecule has 0 atom stereocenters. The van der Waals surface area contributed by atoms with E-state index in [9.17, 15) is 5.11 Å². The van der Waals surface area contributed by atoms with Crippen LogP contribution in [0.25, 0.3) is 0 Å². The molecule has 0 unspecified atom stereocenters. The van der Waals surface area contributed by atoms with Gasteiger partial charge < -0.3 is 10.4 Å². The lowest BCUT2D eigenvalue weighted by molar-refractivity contribution is -0.663. The number of hydrogen-bond donors (Lipinski definition) is 2. The van der Waals surface area contributed by atoms with Gasteiger partial charge in [-0.1, -0.05) is 19.3 Å². The molecular formula is C11H23N2O+. The lowest BCUT2D eigenvalue weighted by atomic mass is 9.84. The number of hydrogen-bond acceptors (Lipinski definition) is 2. The lowest BCUT2D eigenvalue weighted by Gasteiger charge is -2.37. The molecule has 1 aliphatic carbocycles. The van der Waals surface area contributed by atoms with E-state index in [0.29, 0.717) is 0 Å². The summed E-state index contributed by atoms with van der Waals surface area (Å²) >= 11 is 0. The van der Waals surface area contributed by atoms with Crippen LogP contribution in [-0.2, 0) is 0 Å². The highest BCUT2D eigenvalue weighted by atomic mass is 16.3. The zero-order valence-corrected chi connectivity index (χ0v) is 9.04. The third-order valence-corrected chi connectivity index (χ3v) is 3.60. The maximum absolute atomic E-state index is 10.4. The monoisotopic (exact) mass is 199 g/mol. The van der Waals surface area contributed by atoms with Crippen molar-refractivity contribution < 1.29 is 10.4 Å². The summed E-state index contributed by atoms with van der Waals surface area (Å²) < 4.78 is 0. The smallest absolute Gasteiger partial charge is 0.0885 e. The molecular weight excluding hydrogens is 176 g/mol. The average molecular weight is 199 g/mol. The highest BCUT2D eigenvalue weighted by Crippen LogP contribution is 2.28. The van der Waals surface area contributed by atoms with Crippen LogP contribution in [-0.4, -0.2) is 48.3 Å². The summed E-state index contributed by atoms with van der Waals surface area (Å²) in [5.74, 6) is 0. The molecule has 2 aliphatic rings. The van der Waals surface area contributed by atoms with Crippen LogP contribution in [0.4, 0.5) is 0 Å². The van der Waals surface area contributed by atoms with E-state index in [1.165, 1.54) is 32.4 Å². The van der Waals surface area contributed by atoms with Crippen molar-refractivity contribution in [1.29, 1.82) is 0 Å². The van der Waals surface area contributed by atoms with Gasteiger partial charge >= 0.3 is 0 Å². The minimum Gasteiger partial charge on any atom is -0.389 e. The van der Waals surface area contributed by atoms with Gasteiger partial charge in [-0.2, -0.15) is 0 Å². The van der Waals surface area contributed by atoms with Gasteiger partial charge in [-0.05, 0) is 12.8 Å². The van der Waals surface area contributed by atoms with Gasteiger partial charge in [-0.25, -0.2) is 0 Å². The zero-order valence-electron chi connectivity index (χ0n) is 9.04. The molecule has 0 aromatic heterocycles. The molecule has 0 spiro atoms. The maximum atomic E-state index is 10.4. The van der Waals surface area contributed by atoms with E-state index >= 15 is 0 Å². The second-order valence-corrected chi connectivity index (χ2v) is 4.93. The number of quaternary nitrogens is 1. The number of aliphatic hydroxyl groups is 1. The molecule has 3 N–H and O–H groups in total. The van der Waals surface area contributed by atoms with Gasteiger partial charge in [0, 0.05) is 19.6 Å². The van der Waals surface area contributed by atoms with Crippen molar-refractivity contribution in [3.05, 3.63) is 0 Å². The predicted octanol–water partition coefficient (Wildman–Crippen LogP) is -0.439. The van der Waals surface area contributed by atoms with Crippen LogP contribution in [0.3, 0.4) is 0 Å². The first-order valence-electron chi connectivity index (χ1n) is 6.05. The summed E-state index contributed by atoms with van der Waals surface area (Å²) in [4.78, 5) is 2.44. The topological polar surface area (TPSA) is 40.1 Å². The highest BCUT2D eigenvalue weighted by molar-refractivity contribution is 4.85. The zero-order chi connectivity index (χ0) is 9.86. The Morgan fingerprint density at radius 3 is 2.36 bits per heavy atom. The Morgan fingerprint density at radius 2 is 1.71 bits per heavy atom. The van der Waals surface area contributed by atoms with Crippen LogP contribution in [0.2, 0.25) is 0 Å². The largest absolute Gasteiger partial charge is 0.389 e. The van der Waals surface area contributed by atoms with Crippen LogP contribution >= 0.6 is 0 Å². The second-order valence-electron chi connectivity index (χ2n) is 4.93. The minimum absolute atomic E-state index is 0.352. The summed E-state index contributed by atoms with van der Waals surface area (Å²) in [5, 5.41) is 12.7. The first-order valence-corrected chi connectivity index (χ1v) is 6.05. The third-order valence-electron chi connectivity index (χ3n) is 3.60. The fraction of sp³-hybridized carbons (Fsp3) is 1.00. The van der Waals surface area contributed by atoms with E-state index in [1.807, 2.05) is 0 Å². The van der Waals surface area contributed by atoms with Crippen LogP contribution < -0.4 is 5.32 Å². The van der Waals surface area contributed by atoms with Crippen molar-refractivity contribution in [3.63, 3.8) is 0 Å². The number of piperazine rings is 1. The summed E-state index contributed by atoms with van der Waals surface area (Å²) in [6, 6.07) is 0. The Bertz CT molecular complexity index is 172. The normalized spacial score (nSPS) is 28.9. The standard InChI is InChI=1S/C11H22N2O/c14-11(4-2-1-3-5-11)10-13-8-6-12-7-9-13/h12,14H,1-10H2/p+1. The summed E-state index contributed by atoms with van der Waals surface area (Å²) in [6.07, 6.45) is 5.80. The third kappa shape index (κ3) is 2.69.